The Morgan fingerprint density at radius 3 is 2.19 bits per heavy atom. The van der Waals surface area contributed by atoms with Crippen molar-refractivity contribution in [1.29, 1.82) is 0 Å². The molecule has 0 saturated heterocycles. The summed E-state index contributed by atoms with van der Waals surface area (Å²) in [5.74, 6) is -1.48. The monoisotopic (exact) mass is 430 g/mol. The molecule has 0 aromatic heterocycles. The third-order valence-corrected chi connectivity index (χ3v) is 5.49. The molecule has 3 rings (SSSR count). The fourth-order valence-electron chi connectivity index (χ4n) is 3.65. The molecule has 0 radical (unpaired) electrons. The van der Waals surface area contributed by atoms with Crippen molar-refractivity contribution >= 4 is 11.9 Å². The number of carboxylic acid groups (broad SMARTS) is 1. The van der Waals surface area contributed by atoms with Crippen LogP contribution in [0, 0.1) is 0 Å². The third kappa shape index (κ3) is 7.38. The number of rotatable bonds is 11. The van der Waals surface area contributed by atoms with Gasteiger partial charge in [0.15, 0.2) is 0 Å². The maximum atomic E-state index is 11.6. The van der Waals surface area contributed by atoms with Crippen LogP contribution in [0.5, 0.6) is 0 Å². The lowest BCUT2D eigenvalue weighted by Crippen LogP contribution is -2.07. The summed E-state index contributed by atoms with van der Waals surface area (Å²) in [7, 11) is 0. The summed E-state index contributed by atoms with van der Waals surface area (Å²) >= 11 is 0. The number of ether oxygens (including phenoxy) is 1. The van der Waals surface area contributed by atoms with Crippen molar-refractivity contribution in [3.05, 3.63) is 95.1 Å². The van der Waals surface area contributed by atoms with Crippen LogP contribution in [0.1, 0.15) is 48.4 Å². The second kappa shape index (κ2) is 11.8. The maximum Gasteiger partial charge on any atom is 0.306 e. The van der Waals surface area contributed by atoms with Gasteiger partial charge in [-0.05, 0) is 59.1 Å². The van der Waals surface area contributed by atoms with E-state index in [1.54, 1.807) is 0 Å². The molecular weight excluding hydrogens is 400 g/mol. The molecule has 166 valence electrons. The molecule has 3 aromatic carbocycles. The highest BCUT2D eigenvalue weighted by Crippen LogP contribution is 2.22. The lowest BCUT2D eigenvalue weighted by atomic mass is 9.98. The average Bonchev–Trinajstić information content (AvgIpc) is 2.82. The van der Waals surface area contributed by atoms with E-state index in [0.29, 0.717) is 0 Å². The van der Waals surface area contributed by atoms with Gasteiger partial charge < -0.3 is 9.84 Å². The Morgan fingerprint density at radius 2 is 1.44 bits per heavy atom. The summed E-state index contributed by atoms with van der Waals surface area (Å²) in [6, 6.07) is 25.5. The molecule has 0 fully saturated rings. The van der Waals surface area contributed by atoms with E-state index in [9.17, 15) is 9.59 Å². The SMILES string of the molecule is CCc1cccc(-c2ccc(CCCc3cccc(COC(=O)CCC(=O)O)c3)cc2)c1. The van der Waals surface area contributed by atoms with E-state index in [2.05, 4.69) is 61.5 Å². The first-order valence-electron chi connectivity index (χ1n) is 11.2. The first-order valence-corrected chi connectivity index (χ1v) is 11.2. The first-order chi connectivity index (χ1) is 15.5. The Hall–Kier alpha value is -3.40. The molecule has 4 heteroatoms. The van der Waals surface area contributed by atoms with Crippen LogP contribution in [0.25, 0.3) is 11.1 Å². The molecule has 1 N–H and O–H groups in total. The van der Waals surface area contributed by atoms with Crippen molar-refractivity contribution in [3.63, 3.8) is 0 Å². The Morgan fingerprint density at radius 1 is 0.750 bits per heavy atom. The fraction of sp³-hybridized carbons (Fsp3) is 0.286. The molecule has 0 heterocycles. The normalized spacial score (nSPS) is 10.7. The number of carbonyl (C=O) groups excluding carboxylic acids is 1. The predicted octanol–water partition coefficient (Wildman–Crippen LogP) is 6.00. The van der Waals surface area contributed by atoms with Crippen LogP contribution < -0.4 is 0 Å². The Balaban J connectivity index is 1.47. The van der Waals surface area contributed by atoms with Gasteiger partial charge in [0.2, 0.25) is 0 Å². The smallest absolute Gasteiger partial charge is 0.306 e. The number of aryl methyl sites for hydroxylation is 3. The number of benzene rings is 3. The summed E-state index contributed by atoms with van der Waals surface area (Å²) < 4.78 is 5.17. The van der Waals surface area contributed by atoms with Crippen molar-refractivity contribution in [2.75, 3.05) is 0 Å². The molecule has 0 aliphatic carbocycles. The molecule has 0 aliphatic heterocycles. The number of hydrogen-bond donors (Lipinski definition) is 1. The van der Waals surface area contributed by atoms with Gasteiger partial charge >= 0.3 is 11.9 Å². The molecule has 0 saturated carbocycles. The zero-order chi connectivity index (χ0) is 22.8. The van der Waals surface area contributed by atoms with Crippen molar-refractivity contribution in [2.24, 2.45) is 0 Å². The van der Waals surface area contributed by atoms with E-state index < -0.39 is 11.9 Å². The summed E-state index contributed by atoms with van der Waals surface area (Å²) in [5, 5.41) is 8.63. The number of esters is 1. The quantitative estimate of drug-likeness (QED) is 0.379. The van der Waals surface area contributed by atoms with E-state index in [0.717, 1.165) is 31.2 Å². The minimum atomic E-state index is -0.996. The number of hydrogen-bond acceptors (Lipinski definition) is 3. The lowest BCUT2D eigenvalue weighted by Gasteiger charge is -2.08. The second-order valence-electron chi connectivity index (χ2n) is 7.98. The van der Waals surface area contributed by atoms with E-state index in [1.165, 1.54) is 27.8 Å². The van der Waals surface area contributed by atoms with Gasteiger partial charge in [0.1, 0.15) is 6.61 Å². The van der Waals surface area contributed by atoms with E-state index >= 15 is 0 Å². The summed E-state index contributed by atoms with van der Waals surface area (Å²) in [4.78, 5) is 22.1. The van der Waals surface area contributed by atoms with Crippen molar-refractivity contribution in [3.8, 4) is 11.1 Å². The highest BCUT2D eigenvalue weighted by Gasteiger charge is 2.07. The van der Waals surface area contributed by atoms with Gasteiger partial charge in [-0.3, -0.25) is 9.59 Å². The summed E-state index contributed by atoms with van der Waals surface area (Å²) in [5.41, 5.74) is 7.31. The highest BCUT2D eigenvalue weighted by atomic mass is 16.5. The number of carboxylic acids is 1. The van der Waals surface area contributed by atoms with Gasteiger partial charge in [-0.25, -0.2) is 0 Å². The van der Waals surface area contributed by atoms with E-state index in [4.69, 9.17) is 9.84 Å². The van der Waals surface area contributed by atoms with Crippen LogP contribution >= 0.6 is 0 Å². The van der Waals surface area contributed by atoms with E-state index in [-0.39, 0.29) is 19.4 Å². The van der Waals surface area contributed by atoms with Crippen LogP contribution in [0.4, 0.5) is 0 Å². The molecule has 0 aliphatic rings. The summed E-state index contributed by atoms with van der Waals surface area (Å²) in [6.07, 6.45) is 3.72. The zero-order valence-corrected chi connectivity index (χ0v) is 18.5. The van der Waals surface area contributed by atoms with E-state index in [1.807, 2.05) is 18.2 Å². The maximum absolute atomic E-state index is 11.6. The van der Waals surface area contributed by atoms with Gasteiger partial charge in [-0.2, -0.15) is 0 Å². The fourth-order valence-corrected chi connectivity index (χ4v) is 3.65. The van der Waals surface area contributed by atoms with Crippen LogP contribution in [0.3, 0.4) is 0 Å². The molecule has 0 unspecified atom stereocenters. The van der Waals surface area contributed by atoms with Gasteiger partial charge in [-0.1, -0.05) is 79.7 Å². The number of carbonyl (C=O) groups is 2. The van der Waals surface area contributed by atoms with Gasteiger partial charge in [0.05, 0.1) is 12.8 Å². The van der Waals surface area contributed by atoms with Crippen molar-refractivity contribution in [1.82, 2.24) is 0 Å². The van der Waals surface area contributed by atoms with Gasteiger partial charge in [0, 0.05) is 0 Å². The Kier molecular flexibility index (Phi) is 8.61. The van der Waals surface area contributed by atoms with Gasteiger partial charge in [0.25, 0.3) is 0 Å². The average molecular weight is 431 g/mol. The Bertz CT molecular complexity index is 1040. The largest absolute Gasteiger partial charge is 0.481 e. The van der Waals surface area contributed by atoms with Crippen LogP contribution in [0.2, 0.25) is 0 Å². The predicted molar refractivity (Wildman–Crippen MR) is 126 cm³/mol. The van der Waals surface area contributed by atoms with Crippen molar-refractivity contribution in [2.45, 2.75) is 52.1 Å². The first kappa shape index (κ1) is 23.3. The minimum Gasteiger partial charge on any atom is -0.481 e. The van der Waals surface area contributed by atoms with Crippen LogP contribution in [0.15, 0.2) is 72.8 Å². The molecule has 0 spiro atoms. The molecule has 0 amide bonds. The summed E-state index contributed by atoms with van der Waals surface area (Å²) in [6.45, 7) is 2.35. The molecular formula is C28H30O4. The van der Waals surface area contributed by atoms with Crippen molar-refractivity contribution < 1.29 is 19.4 Å². The molecule has 32 heavy (non-hydrogen) atoms. The third-order valence-electron chi connectivity index (χ3n) is 5.49. The standard InChI is InChI=1S/C28H30O4/c1-2-21-6-5-11-26(19-21)25-14-12-22(13-15-25)7-3-8-23-9-4-10-24(18-23)20-32-28(31)17-16-27(29)30/h4-6,9-15,18-19H,2-3,7-8,16-17,20H2,1H3,(H,29,30). The molecule has 3 aromatic rings. The highest BCUT2D eigenvalue weighted by molar-refractivity contribution is 5.76. The minimum absolute atomic E-state index is 0.0994. The van der Waals surface area contributed by atoms with Crippen LogP contribution in [-0.2, 0) is 40.2 Å². The molecule has 4 nitrogen and oxygen atoms in total. The van der Waals surface area contributed by atoms with Gasteiger partial charge in [-0.15, -0.1) is 0 Å². The van der Waals surface area contributed by atoms with Crippen LogP contribution in [-0.4, -0.2) is 17.0 Å². The molecule has 0 atom stereocenters. The zero-order valence-electron chi connectivity index (χ0n) is 18.5. The second-order valence-corrected chi connectivity index (χ2v) is 7.98. The Labute approximate surface area is 189 Å². The number of aliphatic carboxylic acids is 1. The topological polar surface area (TPSA) is 63.6 Å². The lowest BCUT2D eigenvalue weighted by molar-refractivity contribution is -0.148. The molecule has 0 bridgehead atoms.